The predicted molar refractivity (Wildman–Crippen MR) is 147 cm³/mol. The van der Waals surface area contributed by atoms with E-state index >= 15 is 0 Å². The number of aromatic nitrogens is 6. The van der Waals surface area contributed by atoms with Crippen molar-refractivity contribution in [2.75, 3.05) is 0 Å². The molecule has 0 aliphatic heterocycles. The molecule has 0 aromatic carbocycles. The van der Waals surface area contributed by atoms with Crippen LogP contribution in [-0.4, -0.2) is 30.1 Å². The standard InChI is InChI=1S/C29H27N7/c1-5-18(4)33-20(7-3)12-19(6-2)25-14-22-28(17-32-25)35-36-29(22)26-13-21-23(15-30-16-27(21)34-26)24-10-8-9-11-31-24/h6-17,33-34H,3-5H2,1-2H3,(H,35,36)/b19-6+,20-12+. The number of allylic oxidation sites excluding steroid dienone is 5. The highest BCUT2D eigenvalue weighted by Gasteiger charge is 2.15. The van der Waals surface area contributed by atoms with Crippen LogP contribution in [0.25, 0.3) is 50.0 Å². The minimum absolute atomic E-state index is 0.817. The Labute approximate surface area is 209 Å². The number of nitrogens with zero attached hydrogens (tertiary/aromatic N) is 4. The van der Waals surface area contributed by atoms with Crippen molar-refractivity contribution in [3.63, 3.8) is 0 Å². The van der Waals surface area contributed by atoms with Gasteiger partial charge in [-0.3, -0.25) is 20.1 Å². The van der Waals surface area contributed by atoms with E-state index in [2.05, 4.69) is 67.7 Å². The Morgan fingerprint density at radius 2 is 1.97 bits per heavy atom. The highest BCUT2D eigenvalue weighted by atomic mass is 15.1. The Morgan fingerprint density at radius 3 is 2.72 bits per heavy atom. The first-order valence-corrected chi connectivity index (χ1v) is 11.8. The summed E-state index contributed by atoms with van der Waals surface area (Å²) in [4.78, 5) is 17.1. The highest BCUT2D eigenvalue weighted by Crippen LogP contribution is 2.33. The van der Waals surface area contributed by atoms with Crippen LogP contribution in [0.1, 0.15) is 26.0 Å². The monoisotopic (exact) mass is 473 g/mol. The molecule has 0 aliphatic rings. The molecule has 5 aromatic heterocycles. The molecule has 7 heteroatoms. The number of H-pyrrole nitrogens is 2. The molecule has 0 unspecified atom stereocenters. The van der Waals surface area contributed by atoms with E-state index in [1.54, 1.807) is 12.3 Å². The maximum Gasteiger partial charge on any atom is 0.116 e. The first kappa shape index (κ1) is 23.0. The van der Waals surface area contributed by atoms with E-state index in [0.717, 1.165) is 73.5 Å². The van der Waals surface area contributed by atoms with E-state index in [9.17, 15) is 0 Å². The molecule has 0 amide bonds. The number of aromatic amines is 2. The molecule has 5 aromatic rings. The Balaban J connectivity index is 1.57. The molecule has 0 saturated carbocycles. The van der Waals surface area contributed by atoms with Crippen molar-refractivity contribution in [2.24, 2.45) is 0 Å². The molecule has 178 valence electrons. The Morgan fingerprint density at radius 1 is 1.08 bits per heavy atom. The van der Waals surface area contributed by atoms with Gasteiger partial charge in [0.1, 0.15) is 5.69 Å². The summed E-state index contributed by atoms with van der Waals surface area (Å²) in [6, 6.07) is 10.0. The van der Waals surface area contributed by atoms with Crippen molar-refractivity contribution in [2.45, 2.75) is 20.3 Å². The van der Waals surface area contributed by atoms with Gasteiger partial charge in [-0.05, 0) is 55.3 Å². The van der Waals surface area contributed by atoms with Crippen LogP contribution in [0.3, 0.4) is 0 Å². The fourth-order valence-corrected chi connectivity index (χ4v) is 4.10. The van der Waals surface area contributed by atoms with Gasteiger partial charge in [0, 0.05) is 40.1 Å². The van der Waals surface area contributed by atoms with E-state index in [4.69, 9.17) is 0 Å². The van der Waals surface area contributed by atoms with E-state index < -0.39 is 0 Å². The summed E-state index contributed by atoms with van der Waals surface area (Å²) in [5.41, 5.74) is 8.94. The van der Waals surface area contributed by atoms with Gasteiger partial charge in [-0.2, -0.15) is 5.10 Å². The van der Waals surface area contributed by atoms with E-state index in [1.165, 1.54) is 0 Å². The summed E-state index contributed by atoms with van der Waals surface area (Å²) in [7, 11) is 0. The molecule has 0 saturated heterocycles. The molecule has 0 fully saturated rings. The second-order valence-electron chi connectivity index (χ2n) is 8.36. The molecule has 0 atom stereocenters. The average molecular weight is 474 g/mol. The summed E-state index contributed by atoms with van der Waals surface area (Å²) in [5.74, 6) is 0. The average Bonchev–Trinajstić information content (AvgIpc) is 3.54. The minimum Gasteiger partial charge on any atom is -0.359 e. The number of fused-ring (bicyclic) bond motifs is 2. The number of nitrogens with one attached hydrogen (secondary N) is 3. The van der Waals surface area contributed by atoms with Crippen LogP contribution in [0.4, 0.5) is 0 Å². The summed E-state index contributed by atoms with van der Waals surface area (Å²) < 4.78 is 0. The maximum atomic E-state index is 4.67. The lowest BCUT2D eigenvalue weighted by molar-refractivity contribution is 0.920. The molecule has 36 heavy (non-hydrogen) atoms. The van der Waals surface area contributed by atoms with E-state index in [-0.39, 0.29) is 0 Å². The summed E-state index contributed by atoms with van der Waals surface area (Å²) in [6.07, 6.45) is 13.9. The molecule has 0 spiro atoms. The minimum atomic E-state index is 0.817. The zero-order chi connectivity index (χ0) is 25.1. The number of pyridine rings is 3. The second kappa shape index (κ2) is 9.84. The largest absolute Gasteiger partial charge is 0.359 e. The predicted octanol–water partition coefficient (Wildman–Crippen LogP) is 6.55. The number of rotatable bonds is 8. The van der Waals surface area contributed by atoms with Crippen molar-refractivity contribution in [1.29, 1.82) is 0 Å². The normalized spacial score (nSPS) is 12.3. The van der Waals surface area contributed by atoms with Gasteiger partial charge in [0.15, 0.2) is 0 Å². The van der Waals surface area contributed by atoms with Gasteiger partial charge in [-0.1, -0.05) is 32.2 Å². The van der Waals surface area contributed by atoms with E-state index in [1.807, 2.05) is 55.9 Å². The fraction of sp³-hybridized carbons (Fsp3) is 0.103. The van der Waals surface area contributed by atoms with Crippen LogP contribution in [0.5, 0.6) is 0 Å². The Bertz CT molecular complexity index is 1630. The van der Waals surface area contributed by atoms with Crippen molar-refractivity contribution >= 4 is 27.4 Å². The van der Waals surface area contributed by atoms with Gasteiger partial charge in [0.05, 0.1) is 40.5 Å². The smallest absolute Gasteiger partial charge is 0.116 e. The summed E-state index contributed by atoms with van der Waals surface area (Å²) >= 11 is 0. The van der Waals surface area contributed by atoms with E-state index in [0.29, 0.717) is 0 Å². The third-order valence-corrected chi connectivity index (χ3v) is 6.07. The number of hydrogen-bond acceptors (Lipinski definition) is 5. The van der Waals surface area contributed by atoms with Gasteiger partial charge < -0.3 is 10.3 Å². The van der Waals surface area contributed by atoms with Gasteiger partial charge in [0.25, 0.3) is 0 Å². The molecule has 0 radical (unpaired) electrons. The zero-order valence-electron chi connectivity index (χ0n) is 20.3. The van der Waals surface area contributed by atoms with Gasteiger partial charge >= 0.3 is 0 Å². The lowest BCUT2D eigenvalue weighted by atomic mass is 10.1. The van der Waals surface area contributed by atoms with Crippen LogP contribution in [0, 0.1) is 0 Å². The molecule has 5 rings (SSSR count). The molecule has 3 N–H and O–H groups in total. The quantitative estimate of drug-likeness (QED) is 0.222. The van der Waals surface area contributed by atoms with Gasteiger partial charge in [-0.15, -0.1) is 0 Å². The Hall–Kier alpha value is -4.78. The zero-order valence-corrected chi connectivity index (χ0v) is 20.3. The highest BCUT2D eigenvalue weighted by molar-refractivity contribution is 6.00. The number of hydrogen-bond donors (Lipinski definition) is 3. The lowest BCUT2D eigenvalue weighted by Gasteiger charge is -2.10. The van der Waals surface area contributed by atoms with Crippen LogP contribution in [0.2, 0.25) is 0 Å². The molecule has 0 bridgehead atoms. The first-order valence-electron chi connectivity index (χ1n) is 11.8. The van der Waals surface area contributed by atoms with Gasteiger partial charge in [-0.25, -0.2) is 0 Å². The van der Waals surface area contributed by atoms with Crippen molar-refractivity contribution in [3.8, 4) is 22.6 Å². The first-order chi connectivity index (χ1) is 17.6. The topological polar surface area (TPSA) is 95.2 Å². The summed E-state index contributed by atoms with van der Waals surface area (Å²) in [6.45, 7) is 12.0. The molecule has 0 aliphatic carbocycles. The molecular weight excluding hydrogens is 446 g/mol. The Kier molecular flexibility index (Phi) is 6.28. The molecular formula is C29H27N7. The lowest BCUT2D eigenvalue weighted by Crippen LogP contribution is -2.09. The van der Waals surface area contributed by atoms with Crippen LogP contribution in [-0.2, 0) is 0 Å². The van der Waals surface area contributed by atoms with Crippen molar-refractivity contribution in [1.82, 2.24) is 35.5 Å². The van der Waals surface area contributed by atoms with Crippen LogP contribution < -0.4 is 5.32 Å². The maximum absolute atomic E-state index is 4.67. The van der Waals surface area contributed by atoms with Crippen molar-refractivity contribution < 1.29 is 0 Å². The SMILES string of the molecule is C=C/C(=C\C(=C/C)c1cc2c(-c3cc4c(-c5ccccn5)cncc4[nH]3)n[nH]c2cn1)NC(=C)CC. The summed E-state index contributed by atoms with van der Waals surface area (Å²) in [5, 5.41) is 13.0. The van der Waals surface area contributed by atoms with Crippen molar-refractivity contribution in [3.05, 3.63) is 104 Å². The fourth-order valence-electron chi connectivity index (χ4n) is 4.10. The van der Waals surface area contributed by atoms with Gasteiger partial charge in [0.2, 0.25) is 0 Å². The third kappa shape index (κ3) is 4.34. The third-order valence-electron chi connectivity index (χ3n) is 6.07. The van der Waals surface area contributed by atoms with Crippen LogP contribution in [0.15, 0.2) is 97.9 Å². The molecule has 5 heterocycles. The van der Waals surface area contributed by atoms with Crippen LogP contribution >= 0.6 is 0 Å². The second-order valence-corrected chi connectivity index (χ2v) is 8.36. The molecule has 7 nitrogen and oxygen atoms in total.